The normalized spacial score (nSPS) is 22.3. The Morgan fingerprint density at radius 3 is 2.49 bits per heavy atom. The Hall–Kier alpha value is -2.40. The molecule has 1 aromatic rings. The lowest BCUT2D eigenvalue weighted by Crippen LogP contribution is -2.42. The molecule has 0 unspecified atom stereocenters. The third-order valence-corrected chi connectivity index (χ3v) is 8.51. The number of rotatable bonds is 7. The fraction of sp³-hybridized carbons (Fsp3) is 0.583. The van der Waals surface area contributed by atoms with Gasteiger partial charge in [0.1, 0.15) is 6.54 Å². The molecule has 0 radical (unpaired) electrons. The van der Waals surface area contributed by atoms with Crippen LogP contribution in [0, 0.1) is 0 Å². The maximum atomic E-state index is 13.7. The van der Waals surface area contributed by atoms with Crippen molar-refractivity contribution in [2.75, 3.05) is 20.2 Å². The van der Waals surface area contributed by atoms with E-state index in [2.05, 4.69) is 4.99 Å². The molecule has 0 aromatic heterocycles. The average molecular weight is 516 g/mol. The van der Waals surface area contributed by atoms with Gasteiger partial charge in [-0.05, 0) is 68.7 Å². The van der Waals surface area contributed by atoms with Gasteiger partial charge < -0.3 is 10.5 Å². The fourth-order valence-electron chi connectivity index (χ4n) is 4.84. The first-order valence-electron chi connectivity index (χ1n) is 11.8. The number of benzene rings is 1. The van der Waals surface area contributed by atoms with Crippen molar-refractivity contribution in [2.24, 2.45) is 10.7 Å². The minimum Gasteiger partial charge on any atom is -0.465 e. The number of esters is 1. The van der Waals surface area contributed by atoms with Crippen LogP contribution in [0.25, 0.3) is 0 Å². The zero-order valence-electron chi connectivity index (χ0n) is 20.0. The number of hydrogen-bond acceptors (Lipinski definition) is 6. The van der Waals surface area contributed by atoms with Gasteiger partial charge in [-0.3, -0.25) is 9.79 Å². The van der Waals surface area contributed by atoms with Gasteiger partial charge in [-0.25, -0.2) is 8.42 Å². The minimum absolute atomic E-state index is 0.0904. The van der Waals surface area contributed by atoms with Crippen molar-refractivity contribution in [2.45, 2.75) is 74.9 Å². The van der Waals surface area contributed by atoms with Gasteiger partial charge in [-0.1, -0.05) is 12.8 Å². The van der Waals surface area contributed by atoms with E-state index in [9.17, 15) is 26.4 Å². The second-order valence-corrected chi connectivity index (χ2v) is 10.9. The van der Waals surface area contributed by atoms with Crippen LogP contribution >= 0.6 is 0 Å². The molecule has 194 valence electrons. The van der Waals surface area contributed by atoms with Gasteiger partial charge in [0.05, 0.1) is 23.1 Å². The highest BCUT2D eigenvalue weighted by atomic mass is 32.2. The van der Waals surface area contributed by atoms with Crippen molar-refractivity contribution in [1.29, 1.82) is 0 Å². The number of aliphatic imine (C=N–C) groups is 1. The summed E-state index contributed by atoms with van der Waals surface area (Å²) in [5, 5.41) is 0. The summed E-state index contributed by atoms with van der Waals surface area (Å²) in [7, 11) is -2.95. The average Bonchev–Trinajstić information content (AvgIpc) is 3.36. The number of nitrogens with two attached hydrogens (primary N) is 1. The summed E-state index contributed by atoms with van der Waals surface area (Å²) in [6.07, 6.45) is 1.38. The fourth-order valence-corrected chi connectivity index (χ4v) is 6.29. The molecular weight excluding hydrogens is 483 g/mol. The van der Waals surface area contributed by atoms with Gasteiger partial charge in [0.15, 0.2) is 0 Å². The van der Waals surface area contributed by atoms with Crippen molar-refractivity contribution in [3.05, 3.63) is 41.1 Å². The van der Waals surface area contributed by atoms with Gasteiger partial charge in [-0.15, -0.1) is 0 Å². The molecule has 11 heteroatoms. The van der Waals surface area contributed by atoms with E-state index in [0.717, 1.165) is 36.1 Å². The first-order valence-corrected chi connectivity index (χ1v) is 13.2. The second-order valence-electron chi connectivity index (χ2n) is 8.89. The number of nitrogens with zero attached hydrogens (tertiary/aromatic N) is 2. The molecule has 0 aliphatic heterocycles. The minimum atomic E-state index is -4.67. The van der Waals surface area contributed by atoms with Crippen LogP contribution in [0.5, 0.6) is 0 Å². The number of carbonyl (C=O) groups is 1. The highest BCUT2D eigenvalue weighted by molar-refractivity contribution is 7.89. The predicted molar refractivity (Wildman–Crippen MR) is 126 cm³/mol. The van der Waals surface area contributed by atoms with Crippen LogP contribution in [0.15, 0.2) is 39.9 Å². The lowest BCUT2D eigenvalue weighted by Gasteiger charge is -2.33. The van der Waals surface area contributed by atoms with Crippen LogP contribution in [-0.4, -0.2) is 50.6 Å². The number of halogens is 3. The summed E-state index contributed by atoms with van der Waals surface area (Å²) in [6, 6.07) is 2.43. The van der Waals surface area contributed by atoms with Crippen LogP contribution < -0.4 is 5.73 Å². The summed E-state index contributed by atoms with van der Waals surface area (Å²) in [4.78, 5) is 15.6. The number of hydrogen-bond donors (Lipinski definition) is 1. The first kappa shape index (κ1) is 27.2. The molecule has 0 saturated heterocycles. The molecule has 2 N–H and O–H groups in total. The predicted octanol–water partition coefficient (Wildman–Crippen LogP) is 4.38. The van der Waals surface area contributed by atoms with Crippen molar-refractivity contribution >= 4 is 21.7 Å². The molecule has 35 heavy (non-hydrogen) atoms. The Morgan fingerprint density at radius 2 is 1.89 bits per heavy atom. The molecule has 0 amide bonds. The Labute approximate surface area is 204 Å². The lowest BCUT2D eigenvalue weighted by atomic mass is 9.88. The number of ether oxygens (including phenoxy) is 1. The van der Waals surface area contributed by atoms with Gasteiger partial charge in [-0.2, -0.15) is 17.5 Å². The first-order chi connectivity index (χ1) is 16.5. The molecule has 0 heterocycles. The number of alkyl halides is 3. The Morgan fingerprint density at radius 1 is 1.20 bits per heavy atom. The maximum Gasteiger partial charge on any atom is 0.416 e. The molecule has 1 atom stereocenters. The van der Waals surface area contributed by atoms with Crippen molar-refractivity contribution in [1.82, 2.24) is 4.31 Å². The van der Waals surface area contributed by atoms with E-state index in [-0.39, 0.29) is 24.0 Å². The number of likely N-dealkylation sites (N-methyl/N-ethyl adjacent to an activating group) is 1. The third kappa shape index (κ3) is 6.24. The highest BCUT2D eigenvalue weighted by Crippen LogP contribution is 2.40. The molecule has 0 spiro atoms. The summed E-state index contributed by atoms with van der Waals surface area (Å²) in [5.74, 6) is -0.602. The molecular formula is C24H32F3N3O4S. The van der Waals surface area contributed by atoms with Gasteiger partial charge in [0.25, 0.3) is 0 Å². The van der Waals surface area contributed by atoms with Crippen LogP contribution in [0.4, 0.5) is 13.2 Å². The second kappa shape index (κ2) is 11.1. The topological polar surface area (TPSA) is 102 Å². The molecule has 2 aliphatic rings. The Kier molecular flexibility index (Phi) is 8.63. The monoisotopic (exact) mass is 515 g/mol. The van der Waals surface area contributed by atoms with Gasteiger partial charge in [0.2, 0.25) is 10.0 Å². The summed E-state index contributed by atoms with van der Waals surface area (Å²) in [6.45, 7) is 1.67. The van der Waals surface area contributed by atoms with Crippen molar-refractivity contribution < 1.29 is 31.1 Å². The van der Waals surface area contributed by atoms with Gasteiger partial charge in [0, 0.05) is 24.5 Å². The third-order valence-electron chi connectivity index (χ3n) is 6.67. The van der Waals surface area contributed by atoms with Crippen molar-refractivity contribution in [3.63, 3.8) is 0 Å². The van der Waals surface area contributed by atoms with Crippen LogP contribution in [0.2, 0.25) is 0 Å². The molecule has 7 nitrogen and oxygen atoms in total. The quantitative estimate of drug-likeness (QED) is 0.543. The number of carbonyl (C=O) groups excluding carboxylic acids is 1. The van der Waals surface area contributed by atoms with Gasteiger partial charge >= 0.3 is 12.1 Å². The summed E-state index contributed by atoms with van der Waals surface area (Å²) >= 11 is 0. The van der Waals surface area contributed by atoms with E-state index in [1.165, 1.54) is 19.3 Å². The van der Waals surface area contributed by atoms with E-state index in [1.807, 2.05) is 0 Å². The largest absolute Gasteiger partial charge is 0.465 e. The van der Waals surface area contributed by atoms with E-state index in [4.69, 9.17) is 10.5 Å². The van der Waals surface area contributed by atoms with E-state index < -0.39 is 33.8 Å². The van der Waals surface area contributed by atoms with Crippen LogP contribution in [0.3, 0.4) is 0 Å². The van der Waals surface area contributed by atoms with E-state index >= 15 is 0 Å². The van der Waals surface area contributed by atoms with Crippen LogP contribution in [0.1, 0.15) is 68.9 Å². The maximum absolute atomic E-state index is 13.7. The smallest absolute Gasteiger partial charge is 0.416 e. The summed E-state index contributed by atoms with van der Waals surface area (Å²) < 4.78 is 74.1. The molecule has 2 aliphatic carbocycles. The molecule has 2 fully saturated rings. The molecule has 2 saturated carbocycles. The Bertz CT molecular complexity index is 1090. The SMILES string of the molecule is CCOC(=O)CN=C1CCC[C@@H](N(C)S(=O)(=O)c2cc(C3CCCC3)cc(C(F)(F)F)c2)C1=CN. The molecule has 3 rings (SSSR count). The highest BCUT2D eigenvalue weighted by Gasteiger charge is 2.38. The molecule has 0 bridgehead atoms. The zero-order chi connectivity index (χ0) is 25.8. The standard InChI is InChI=1S/C24H32F3N3O4S/c1-3-34-23(31)15-29-21-9-6-10-22(20(21)14-28)30(2)35(32,33)19-12-17(16-7-4-5-8-16)11-18(13-19)24(25,26)27/h11-14,16,22H,3-10,15,28H2,1-2H3/t22-/m1/s1. The zero-order valence-corrected chi connectivity index (χ0v) is 20.8. The van der Waals surface area contributed by atoms with Crippen LogP contribution in [-0.2, 0) is 25.7 Å². The van der Waals surface area contributed by atoms with Crippen molar-refractivity contribution in [3.8, 4) is 0 Å². The van der Waals surface area contributed by atoms with E-state index in [0.29, 0.717) is 42.2 Å². The lowest BCUT2D eigenvalue weighted by molar-refractivity contribution is -0.141. The Balaban J connectivity index is 1.96. The summed E-state index contributed by atoms with van der Waals surface area (Å²) in [5.41, 5.74) is 6.20. The van der Waals surface area contributed by atoms with E-state index in [1.54, 1.807) is 6.92 Å². The number of sulfonamides is 1. The molecule has 1 aromatic carbocycles.